The minimum absolute atomic E-state index is 0.485. The molecule has 1 aromatic rings. The number of hydrogen-bond donors (Lipinski definition) is 8. The van der Waals surface area contributed by atoms with Crippen molar-refractivity contribution in [1.29, 1.82) is 0 Å². The maximum Gasteiger partial charge on any atom is 0.221 e. The van der Waals surface area contributed by atoms with Crippen molar-refractivity contribution in [3.8, 4) is 0 Å². The second kappa shape index (κ2) is 8.84. The number of hydrogen-bond acceptors (Lipinski definition) is 8. The third kappa shape index (κ3) is 5.05. The summed E-state index contributed by atoms with van der Waals surface area (Å²) in [5.41, 5.74) is 0.485. The summed E-state index contributed by atoms with van der Waals surface area (Å²) < 4.78 is 10.4. The van der Waals surface area contributed by atoms with Gasteiger partial charge in [0.05, 0.1) is 0 Å². The Morgan fingerprint density at radius 2 is 1.04 bits per heavy atom. The lowest BCUT2D eigenvalue weighted by Gasteiger charge is -2.39. The van der Waals surface area contributed by atoms with Crippen molar-refractivity contribution >= 4 is 8.03 Å². The van der Waals surface area contributed by atoms with E-state index < -0.39 is 50.5 Å². The first-order valence-corrected chi connectivity index (χ1v) is 8.16. The molecule has 0 aliphatic heterocycles. The van der Waals surface area contributed by atoms with E-state index in [-0.39, 0.29) is 0 Å². The van der Waals surface area contributed by atoms with E-state index in [0.717, 1.165) is 0 Å². The molecular formula is C13H21O9P. The first-order chi connectivity index (χ1) is 10.7. The SMILES string of the molecule is O=[PH](O)C(O)c1ccccc1.O[C@H]1[C@H](O)[C@@H](O)[C@H](O)[C@@H](O)[C@H]1O. The molecule has 9 nitrogen and oxygen atoms in total. The van der Waals surface area contributed by atoms with E-state index in [1.165, 1.54) is 0 Å². The van der Waals surface area contributed by atoms with Crippen LogP contribution in [0.5, 0.6) is 0 Å². The second-order valence-electron chi connectivity index (χ2n) is 5.10. The Hall–Kier alpha value is -0.870. The lowest BCUT2D eigenvalue weighted by molar-refractivity contribution is -0.223. The van der Waals surface area contributed by atoms with Crippen LogP contribution in [0.25, 0.3) is 0 Å². The van der Waals surface area contributed by atoms with Gasteiger partial charge in [-0.05, 0) is 5.56 Å². The number of aliphatic hydroxyl groups excluding tert-OH is 7. The van der Waals surface area contributed by atoms with Crippen molar-refractivity contribution in [2.45, 2.75) is 42.5 Å². The molecule has 2 unspecified atom stereocenters. The molecule has 1 aliphatic carbocycles. The second-order valence-corrected chi connectivity index (χ2v) is 6.32. The summed E-state index contributed by atoms with van der Waals surface area (Å²) in [6.07, 6.45) is -9.84. The molecule has 1 aromatic carbocycles. The van der Waals surface area contributed by atoms with Crippen LogP contribution in [-0.2, 0) is 4.57 Å². The molecule has 0 heterocycles. The van der Waals surface area contributed by atoms with E-state index in [4.69, 9.17) is 40.6 Å². The average Bonchev–Trinajstić information content (AvgIpc) is 2.57. The fourth-order valence-electron chi connectivity index (χ4n) is 1.99. The number of aliphatic hydroxyl groups is 7. The van der Waals surface area contributed by atoms with Gasteiger partial charge in [-0.2, -0.15) is 0 Å². The molecule has 2 rings (SSSR count). The highest BCUT2D eigenvalue weighted by Gasteiger charge is 2.47. The zero-order valence-corrected chi connectivity index (χ0v) is 12.9. The fraction of sp³-hybridized carbons (Fsp3) is 0.538. The summed E-state index contributed by atoms with van der Waals surface area (Å²) in [7, 11) is -2.86. The first-order valence-electron chi connectivity index (χ1n) is 6.72. The molecule has 8 N–H and O–H groups in total. The zero-order chi connectivity index (χ0) is 17.7. The highest BCUT2D eigenvalue weighted by Crippen LogP contribution is 2.34. The number of rotatable bonds is 2. The van der Waals surface area contributed by atoms with E-state index in [9.17, 15) is 4.57 Å². The van der Waals surface area contributed by atoms with Crippen molar-refractivity contribution < 1.29 is 45.2 Å². The van der Waals surface area contributed by atoms with Crippen LogP contribution in [0, 0.1) is 0 Å². The van der Waals surface area contributed by atoms with Gasteiger partial charge in [-0.25, -0.2) is 0 Å². The fourth-order valence-corrected chi connectivity index (χ4v) is 2.47. The molecule has 10 heteroatoms. The lowest BCUT2D eigenvalue weighted by Crippen LogP contribution is -2.63. The lowest BCUT2D eigenvalue weighted by atomic mass is 9.85. The van der Waals surface area contributed by atoms with E-state index in [1.54, 1.807) is 30.3 Å². The molecule has 0 aromatic heterocycles. The van der Waals surface area contributed by atoms with Gasteiger partial charge in [0, 0.05) is 0 Å². The quantitative estimate of drug-likeness (QED) is 0.263. The van der Waals surface area contributed by atoms with Crippen molar-refractivity contribution in [2.75, 3.05) is 0 Å². The molecule has 0 radical (unpaired) electrons. The maximum absolute atomic E-state index is 10.4. The predicted octanol–water partition coefficient (Wildman–Crippen LogP) is -2.69. The molecule has 0 spiro atoms. The highest BCUT2D eigenvalue weighted by molar-refractivity contribution is 7.38. The molecular weight excluding hydrogens is 331 g/mol. The molecule has 0 amide bonds. The van der Waals surface area contributed by atoms with Gasteiger partial charge in [0.1, 0.15) is 36.6 Å². The topological polar surface area (TPSA) is 179 Å². The Kier molecular flexibility index (Phi) is 7.75. The van der Waals surface area contributed by atoms with Gasteiger partial charge >= 0.3 is 0 Å². The molecule has 132 valence electrons. The van der Waals surface area contributed by atoms with Gasteiger partial charge in [-0.1, -0.05) is 30.3 Å². The summed E-state index contributed by atoms with van der Waals surface area (Å²) in [6.45, 7) is 0. The van der Waals surface area contributed by atoms with E-state index in [0.29, 0.717) is 5.56 Å². The summed E-state index contributed by atoms with van der Waals surface area (Å²) in [6, 6.07) is 8.43. The number of benzene rings is 1. The summed E-state index contributed by atoms with van der Waals surface area (Å²) >= 11 is 0. The van der Waals surface area contributed by atoms with Gasteiger partial charge < -0.3 is 40.6 Å². The summed E-state index contributed by atoms with van der Waals surface area (Å²) in [4.78, 5) is 8.57. The largest absolute Gasteiger partial charge is 0.387 e. The van der Waals surface area contributed by atoms with Gasteiger partial charge in [0.15, 0.2) is 5.85 Å². The van der Waals surface area contributed by atoms with E-state index in [2.05, 4.69) is 0 Å². The molecule has 1 fully saturated rings. The molecule has 1 saturated carbocycles. The third-order valence-electron chi connectivity index (χ3n) is 3.45. The smallest absolute Gasteiger partial charge is 0.221 e. The minimum atomic E-state index is -2.86. The van der Waals surface area contributed by atoms with Crippen LogP contribution < -0.4 is 0 Å². The van der Waals surface area contributed by atoms with Crippen LogP contribution in [0.3, 0.4) is 0 Å². The third-order valence-corrected chi connectivity index (χ3v) is 4.25. The normalized spacial score (nSPS) is 36.5. The van der Waals surface area contributed by atoms with Gasteiger partial charge in [-0.3, -0.25) is 4.57 Å². The van der Waals surface area contributed by atoms with Crippen LogP contribution in [0.15, 0.2) is 30.3 Å². The van der Waals surface area contributed by atoms with Crippen molar-refractivity contribution in [3.63, 3.8) is 0 Å². The van der Waals surface area contributed by atoms with Gasteiger partial charge in [-0.15, -0.1) is 0 Å². The van der Waals surface area contributed by atoms with Crippen LogP contribution in [-0.4, -0.2) is 77.3 Å². The van der Waals surface area contributed by atoms with Crippen LogP contribution >= 0.6 is 8.03 Å². The highest BCUT2D eigenvalue weighted by atomic mass is 31.1. The Balaban J connectivity index is 0.000000231. The van der Waals surface area contributed by atoms with E-state index >= 15 is 0 Å². The van der Waals surface area contributed by atoms with Crippen molar-refractivity contribution in [1.82, 2.24) is 0 Å². The van der Waals surface area contributed by atoms with Crippen LogP contribution in [0.2, 0.25) is 0 Å². The monoisotopic (exact) mass is 352 g/mol. The molecule has 1 aliphatic rings. The Morgan fingerprint density at radius 1 is 0.739 bits per heavy atom. The summed E-state index contributed by atoms with van der Waals surface area (Å²) in [5, 5.41) is 62.9. The Bertz CT molecular complexity index is 441. The maximum atomic E-state index is 10.4. The Labute approximate surface area is 132 Å². The minimum Gasteiger partial charge on any atom is -0.387 e. The Morgan fingerprint density at radius 3 is 1.30 bits per heavy atom. The molecule has 2 atom stereocenters. The predicted molar refractivity (Wildman–Crippen MR) is 78.7 cm³/mol. The van der Waals surface area contributed by atoms with Gasteiger partial charge in [0.2, 0.25) is 8.03 Å². The van der Waals surface area contributed by atoms with Gasteiger partial charge in [0.25, 0.3) is 0 Å². The summed E-state index contributed by atoms with van der Waals surface area (Å²) in [5.74, 6) is -1.22. The standard InChI is InChI=1S/C7H9O3P.C6H12O6/c8-7(11(9)10)6-4-2-1-3-5-6;7-1-2(8)4(10)6(12)5(11)3(1)9/h1-5,7-8,11H,(H,9,10);1-12H/t;1-,2-,3-,4+,5-,6-. The van der Waals surface area contributed by atoms with Crippen molar-refractivity contribution in [2.24, 2.45) is 0 Å². The molecule has 23 heavy (non-hydrogen) atoms. The molecule has 0 saturated heterocycles. The molecule has 0 bridgehead atoms. The van der Waals surface area contributed by atoms with Crippen LogP contribution in [0.4, 0.5) is 0 Å². The zero-order valence-electron chi connectivity index (χ0n) is 11.9. The van der Waals surface area contributed by atoms with E-state index in [1.807, 2.05) is 0 Å². The average molecular weight is 352 g/mol. The van der Waals surface area contributed by atoms with Crippen LogP contribution in [0.1, 0.15) is 11.4 Å². The first kappa shape index (κ1) is 20.2. The van der Waals surface area contributed by atoms with Crippen molar-refractivity contribution in [3.05, 3.63) is 35.9 Å².